The standard InChI is InChI=1S/C14H19Cl2NO2/c1-10(18)11-5-6-17(9-11)7-8-19-14-12(15)3-2-4-13(14)16/h2-4,10-11,18H,5-9H2,1H3. The summed E-state index contributed by atoms with van der Waals surface area (Å²) < 4.78 is 5.66. The lowest BCUT2D eigenvalue weighted by molar-refractivity contribution is 0.125. The van der Waals surface area contributed by atoms with Crippen molar-refractivity contribution in [2.24, 2.45) is 5.92 Å². The number of ether oxygens (including phenoxy) is 1. The Bertz CT molecular complexity index is 406. The minimum absolute atomic E-state index is 0.232. The maximum absolute atomic E-state index is 9.55. The van der Waals surface area contributed by atoms with Crippen LogP contribution in [0.4, 0.5) is 0 Å². The molecule has 1 aliphatic rings. The topological polar surface area (TPSA) is 32.7 Å². The van der Waals surface area contributed by atoms with Gasteiger partial charge in [-0.1, -0.05) is 29.3 Å². The van der Waals surface area contributed by atoms with Gasteiger partial charge in [0.1, 0.15) is 6.61 Å². The first-order valence-electron chi connectivity index (χ1n) is 6.55. The van der Waals surface area contributed by atoms with Crippen LogP contribution < -0.4 is 4.74 Å². The van der Waals surface area contributed by atoms with E-state index in [1.54, 1.807) is 18.2 Å². The maximum atomic E-state index is 9.55. The first-order chi connectivity index (χ1) is 9.08. The molecule has 1 aromatic carbocycles. The van der Waals surface area contributed by atoms with E-state index >= 15 is 0 Å². The number of rotatable bonds is 5. The van der Waals surface area contributed by atoms with E-state index in [2.05, 4.69) is 4.90 Å². The zero-order valence-corrected chi connectivity index (χ0v) is 12.5. The van der Waals surface area contributed by atoms with Gasteiger partial charge in [0.2, 0.25) is 0 Å². The predicted octanol–water partition coefficient (Wildman–Crippen LogP) is 3.07. The highest BCUT2D eigenvalue weighted by Crippen LogP contribution is 2.32. The molecule has 0 aromatic heterocycles. The summed E-state index contributed by atoms with van der Waals surface area (Å²) in [6, 6.07) is 5.33. The Morgan fingerprint density at radius 1 is 1.42 bits per heavy atom. The van der Waals surface area contributed by atoms with E-state index in [-0.39, 0.29) is 6.10 Å². The van der Waals surface area contributed by atoms with E-state index in [0.29, 0.717) is 28.3 Å². The fraction of sp³-hybridized carbons (Fsp3) is 0.571. The number of hydrogen-bond acceptors (Lipinski definition) is 3. The third-order valence-corrected chi connectivity index (χ3v) is 4.16. The van der Waals surface area contributed by atoms with Gasteiger partial charge in [0, 0.05) is 13.1 Å². The first kappa shape index (κ1) is 14.9. The summed E-state index contributed by atoms with van der Waals surface area (Å²) >= 11 is 12.1. The molecule has 2 atom stereocenters. The number of aliphatic hydroxyl groups excluding tert-OH is 1. The number of nitrogens with zero attached hydrogens (tertiary/aromatic N) is 1. The Hall–Kier alpha value is -0.480. The van der Waals surface area contributed by atoms with Crippen LogP contribution in [0.3, 0.4) is 0 Å². The lowest BCUT2D eigenvalue weighted by Crippen LogP contribution is -2.28. The van der Waals surface area contributed by atoms with Gasteiger partial charge in [0.15, 0.2) is 5.75 Å². The van der Waals surface area contributed by atoms with Gasteiger partial charge < -0.3 is 9.84 Å². The second kappa shape index (κ2) is 6.80. The van der Waals surface area contributed by atoms with Crippen LogP contribution in [0.15, 0.2) is 18.2 Å². The summed E-state index contributed by atoms with van der Waals surface area (Å²) in [6.45, 7) is 5.17. The Labute approximate surface area is 124 Å². The van der Waals surface area contributed by atoms with Crippen LogP contribution in [0, 0.1) is 5.92 Å². The van der Waals surface area contributed by atoms with Gasteiger partial charge in [0.25, 0.3) is 0 Å². The molecule has 1 aromatic rings. The number of halogens is 2. The fourth-order valence-electron chi connectivity index (χ4n) is 2.36. The molecular weight excluding hydrogens is 285 g/mol. The molecule has 5 heteroatoms. The summed E-state index contributed by atoms with van der Waals surface area (Å²) in [7, 11) is 0. The molecule has 1 heterocycles. The summed E-state index contributed by atoms with van der Waals surface area (Å²) in [5.74, 6) is 0.931. The quantitative estimate of drug-likeness (QED) is 0.907. The minimum atomic E-state index is -0.232. The van der Waals surface area contributed by atoms with E-state index < -0.39 is 0 Å². The van der Waals surface area contributed by atoms with Gasteiger partial charge in [-0.05, 0) is 37.9 Å². The molecule has 1 N–H and O–H groups in total. The summed E-state index contributed by atoms with van der Waals surface area (Å²) in [6.07, 6.45) is 0.814. The minimum Gasteiger partial charge on any atom is -0.489 e. The molecule has 0 radical (unpaired) electrons. The van der Waals surface area contributed by atoms with E-state index in [1.807, 2.05) is 6.92 Å². The molecule has 0 amide bonds. The van der Waals surface area contributed by atoms with Crippen molar-refractivity contribution in [2.75, 3.05) is 26.2 Å². The molecule has 0 aliphatic carbocycles. The highest BCUT2D eigenvalue weighted by molar-refractivity contribution is 6.37. The van der Waals surface area contributed by atoms with Crippen molar-refractivity contribution in [3.63, 3.8) is 0 Å². The molecule has 0 bridgehead atoms. The number of para-hydroxylation sites is 1. The number of aliphatic hydroxyl groups is 1. The zero-order valence-electron chi connectivity index (χ0n) is 11.0. The molecule has 0 saturated carbocycles. The third-order valence-electron chi connectivity index (χ3n) is 3.56. The lowest BCUT2D eigenvalue weighted by Gasteiger charge is -2.18. The van der Waals surface area contributed by atoms with Gasteiger partial charge in [-0.3, -0.25) is 4.90 Å². The Morgan fingerprint density at radius 2 is 2.11 bits per heavy atom. The summed E-state index contributed by atoms with van der Waals surface area (Å²) in [5.41, 5.74) is 0. The van der Waals surface area contributed by atoms with Crippen molar-refractivity contribution in [2.45, 2.75) is 19.4 Å². The van der Waals surface area contributed by atoms with Crippen LogP contribution in [-0.4, -0.2) is 42.4 Å². The number of likely N-dealkylation sites (tertiary alicyclic amines) is 1. The number of benzene rings is 1. The van der Waals surface area contributed by atoms with Gasteiger partial charge in [-0.25, -0.2) is 0 Å². The Balaban J connectivity index is 1.78. The molecular formula is C14H19Cl2NO2. The van der Waals surface area contributed by atoms with E-state index in [0.717, 1.165) is 26.1 Å². The molecule has 19 heavy (non-hydrogen) atoms. The molecule has 2 rings (SSSR count). The Kier molecular flexibility index (Phi) is 5.34. The fourth-order valence-corrected chi connectivity index (χ4v) is 2.86. The smallest absolute Gasteiger partial charge is 0.156 e. The molecule has 0 spiro atoms. The zero-order chi connectivity index (χ0) is 13.8. The molecule has 1 fully saturated rings. The molecule has 106 valence electrons. The average Bonchev–Trinajstić information content (AvgIpc) is 2.82. The van der Waals surface area contributed by atoms with Crippen LogP contribution >= 0.6 is 23.2 Å². The van der Waals surface area contributed by atoms with Crippen LogP contribution in [0.25, 0.3) is 0 Å². The second-order valence-corrected chi connectivity index (χ2v) is 5.80. The van der Waals surface area contributed by atoms with Crippen molar-refractivity contribution < 1.29 is 9.84 Å². The Morgan fingerprint density at radius 3 is 2.68 bits per heavy atom. The van der Waals surface area contributed by atoms with E-state index in [4.69, 9.17) is 27.9 Å². The predicted molar refractivity (Wildman–Crippen MR) is 78.2 cm³/mol. The van der Waals surface area contributed by atoms with E-state index in [1.165, 1.54) is 0 Å². The highest BCUT2D eigenvalue weighted by atomic mass is 35.5. The molecule has 2 unspecified atom stereocenters. The van der Waals surface area contributed by atoms with Crippen molar-refractivity contribution in [1.82, 2.24) is 4.90 Å². The van der Waals surface area contributed by atoms with Crippen molar-refractivity contribution in [1.29, 1.82) is 0 Å². The SMILES string of the molecule is CC(O)C1CCN(CCOc2c(Cl)cccc2Cl)C1. The molecule has 3 nitrogen and oxygen atoms in total. The lowest BCUT2D eigenvalue weighted by atomic mass is 10.0. The van der Waals surface area contributed by atoms with Gasteiger partial charge >= 0.3 is 0 Å². The second-order valence-electron chi connectivity index (χ2n) is 4.99. The van der Waals surface area contributed by atoms with Gasteiger partial charge in [0.05, 0.1) is 16.1 Å². The van der Waals surface area contributed by atoms with Gasteiger partial charge in [-0.2, -0.15) is 0 Å². The van der Waals surface area contributed by atoms with Crippen LogP contribution in [0.1, 0.15) is 13.3 Å². The van der Waals surface area contributed by atoms with Crippen molar-refractivity contribution >= 4 is 23.2 Å². The normalized spacial score (nSPS) is 21.6. The van der Waals surface area contributed by atoms with Crippen LogP contribution in [-0.2, 0) is 0 Å². The van der Waals surface area contributed by atoms with E-state index in [9.17, 15) is 5.11 Å². The monoisotopic (exact) mass is 303 g/mol. The van der Waals surface area contributed by atoms with Crippen molar-refractivity contribution in [3.8, 4) is 5.75 Å². The maximum Gasteiger partial charge on any atom is 0.156 e. The average molecular weight is 304 g/mol. The van der Waals surface area contributed by atoms with Crippen LogP contribution in [0.2, 0.25) is 10.0 Å². The molecule has 1 saturated heterocycles. The highest BCUT2D eigenvalue weighted by Gasteiger charge is 2.25. The summed E-state index contributed by atoms with van der Waals surface area (Å²) in [5, 5.41) is 10.6. The van der Waals surface area contributed by atoms with Gasteiger partial charge in [-0.15, -0.1) is 0 Å². The first-order valence-corrected chi connectivity index (χ1v) is 7.30. The largest absolute Gasteiger partial charge is 0.489 e. The van der Waals surface area contributed by atoms with Crippen molar-refractivity contribution in [3.05, 3.63) is 28.2 Å². The number of hydrogen-bond donors (Lipinski definition) is 1. The third kappa shape index (κ3) is 3.99. The van der Waals surface area contributed by atoms with Crippen LogP contribution in [0.5, 0.6) is 5.75 Å². The summed E-state index contributed by atoms with van der Waals surface area (Å²) in [4.78, 5) is 2.29. The molecule has 1 aliphatic heterocycles.